The molecule has 176 valence electrons. The number of nitrogens with one attached hydrogen (secondary N) is 3. The van der Waals surface area contributed by atoms with Gasteiger partial charge >= 0.3 is 5.97 Å². The SMILES string of the molecule is NCCCCC(NC(=O)C(CC(N)=O)NC(=O)C(N)CCC(N)=O)C(=O)NCC(=O)O. The first-order valence-corrected chi connectivity index (χ1v) is 9.60. The molecule has 0 aromatic rings. The first kappa shape index (κ1) is 27.7. The molecule has 31 heavy (non-hydrogen) atoms. The Hall–Kier alpha value is -3.26. The number of carboxylic acid groups (broad SMARTS) is 1. The van der Waals surface area contributed by atoms with Crippen LogP contribution in [-0.2, 0) is 28.8 Å². The number of hydrogen-bond acceptors (Lipinski definition) is 8. The van der Waals surface area contributed by atoms with Crippen molar-refractivity contribution in [3.8, 4) is 0 Å². The fourth-order valence-corrected chi connectivity index (χ4v) is 2.44. The molecule has 0 bridgehead atoms. The number of rotatable bonds is 16. The zero-order chi connectivity index (χ0) is 24.0. The fourth-order valence-electron chi connectivity index (χ4n) is 2.44. The minimum Gasteiger partial charge on any atom is -0.480 e. The molecule has 0 radical (unpaired) electrons. The van der Waals surface area contributed by atoms with Gasteiger partial charge in [0.05, 0.1) is 12.5 Å². The second kappa shape index (κ2) is 14.7. The number of carbonyl (C=O) groups excluding carboxylic acids is 5. The van der Waals surface area contributed by atoms with Crippen molar-refractivity contribution in [3.63, 3.8) is 0 Å². The van der Waals surface area contributed by atoms with Gasteiger partial charge in [0.1, 0.15) is 18.6 Å². The Morgan fingerprint density at radius 1 is 0.806 bits per heavy atom. The zero-order valence-corrected chi connectivity index (χ0v) is 17.1. The molecule has 0 fully saturated rings. The van der Waals surface area contributed by atoms with Gasteiger partial charge in [-0.25, -0.2) is 0 Å². The third-order valence-electron chi connectivity index (χ3n) is 4.07. The molecule has 14 nitrogen and oxygen atoms in total. The summed E-state index contributed by atoms with van der Waals surface area (Å²) in [4.78, 5) is 69.8. The predicted molar refractivity (Wildman–Crippen MR) is 108 cm³/mol. The molecule has 0 aliphatic carbocycles. The molecule has 0 aliphatic heterocycles. The molecule has 12 N–H and O–H groups in total. The summed E-state index contributed by atoms with van der Waals surface area (Å²) in [6, 6.07) is -3.74. The van der Waals surface area contributed by atoms with E-state index in [2.05, 4.69) is 16.0 Å². The standard InChI is InChI=1S/C17H31N7O7/c18-6-2-1-3-10(16(30)22-8-14(27)28)23-17(31)11(7-13(21)26)24-15(29)9(19)4-5-12(20)25/h9-11H,1-8,18-19H2,(H2,20,25)(H2,21,26)(H,22,30)(H,23,31)(H,24,29)(H,27,28). The van der Waals surface area contributed by atoms with E-state index >= 15 is 0 Å². The third kappa shape index (κ3) is 12.8. The fraction of sp³-hybridized carbons (Fsp3) is 0.647. The van der Waals surface area contributed by atoms with Crippen LogP contribution < -0.4 is 38.9 Å². The number of amides is 5. The highest BCUT2D eigenvalue weighted by molar-refractivity contribution is 5.95. The second-order valence-electron chi connectivity index (χ2n) is 6.80. The molecule has 0 spiro atoms. The van der Waals surface area contributed by atoms with Crippen LogP contribution in [0.4, 0.5) is 0 Å². The molecule has 3 unspecified atom stereocenters. The molecule has 0 aliphatic rings. The number of aliphatic carboxylic acids is 1. The number of carbonyl (C=O) groups is 6. The van der Waals surface area contributed by atoms with Crippen molar-refractivity contribution in [2.45, 2.75) is 56.7 Å². The van der Waals surface area contributed by atoms with Crippen molar-refractivity contribution in [2.24, 2.45) is 22.9 Å². The lowest BCUT2D eigenvalue weighted by molar-refractivity contribution is -0.139. The Bertz CT molecular complexity index is 671. The van der Waals surface area contributed by atoms with Crippen LogP contribution in [-0.4, -0.2) is 71.8 Å². The van der Waals surface area contributed by atoms with Crippen molar-refractivity contribution in [1.82, 2.24) is 16.0 Å². The highest BCUT2D eigenvalue weighted by Crippen LogP contribution is 2.04. The van der Waals surface area contributed by atoms with E-state index in [1.807, 2.05) is 0 Å². The Balaban J connectivity index is 5.22. The molecule has 0 aromatic heterocycles. The summed E-state index contributed by atoms with van der Waals surface area (Å²) in [6.07, 6.45) is 0.331. The van der Waals surface area contributed by atoms with Crippen molar-refractivity contribution < 1.29 is 33.9 Å². The van der Waals surface area contributed by atoms with E-state index in [4.69, 9.17) is 28.0 Å². The lowest BCUT2D eigenvalue weighted by atomic mass is 10.1. The van der Waals surface area contributed by atoms with Crippen molar-refractivity contribution >= 4 is 35.5 Å². The highest BCUT2D eigenvalue weighted by atomic mass is 16.4. The van der Waals surface area contributed by atoms with Crippen LogP contribution in [0.2, 0.25) is 0 Å². The van der Waals surface area contributed by atoms with Crippen LogP contribution >= 0.6 is 0 Å². The lowest BCUT2D eigenvalue weighted by Crippen LogP contribution is -2.56. The summed E-state index contributed by atoms with van der Waals surface area (Å²) in [5.74, 6) is -5.31. The molecule has 0 saturated carbocycles. The first-order chi connectivity index (χ1) is 14.5. The van der Waals surface area contributed by atoms with Crippen LogP contribution in [0.15, 0.2) is 0 Å². The van der Waals surface area contributed by atoms with Crippen molar-refractivity contribution in [2.75, 3.05) is 13.1 Å². The van der Waals surface area contributed by atoms with Gasteiger partial charge in [-0.15, -0.1) is 0 Å². The lowest BCUT2D eigenvalue weighted by Gasteiger charge is -2.23. The van der Waals surface area contributed by atoms with Gasteiger partial charge in [0.25, 0.3) is 0 Å². The third-order valence-corrected chi connectivity index (χ3v) is 4.07. The van der Waals surface area contributed by atoms with Gasteiger partial charge < -0.3 is 44.0 Å². The number of primary amides is 2. The minimum atomic E-state index is -1.44. The van der Waals surface area contributed by atoms with Gasteiger partial charge in [-0.3, -0.25) is 28.8 Å². The summed E-state index contributed by atoms with van der Waals surface area (Å²) in [7, 11) is 0. The molecule has 0 heterocycles. The zero-order valence-electron chi connectivity index (χ0n) is 17.1. The number of unbranched alkanes of at least 4 members (excludes halogenated alkanes) is 1. The molecular formula is C17H31N7O7. The average molecular weight is 445 g/mol. The van der Waals surface area contributed by atoms with Crippen LogP contribution in [0, 0.1) is 0 Å². The maximum Gasteiger partial charge on any atom is 0.322 e. The van der Waals surface area contributed by atoms with Gasteiger partial charge in [0, 0.05) is 6.42 Å². The summed E-state index contributed by atoms with van der Waals surface area (Å²) in [5.41, 5.74) is 21.2. The maximum absolute atomic E-state index is 12.6. The minimum absolute atomic E-state index is 0.0780. The van der Waals surface area contributed by atoms with Gasteiger partial charge in [0.15, 0.2) is 0 Å². The topological polar surface area (TPSA) is 263 Å². The van der Waals surface area contributed by atoms with Gasteiger partial charge in [-0.2, -0.15) is 0 Å². The summed E-state index contributed by atoms with van der Waals surface area (Å²) >= 11 is 0. The highest BCUT2D eigenvalue weighted by Gasteiger charge is 2.29. The Morgan fingerprint density at radius 2 is 1.42 bits per heavy atom. The smallest absolute Gasteiger partial charge is 0.322 e. The van der Waals surface area contributed by atoms with E-state index in [1.54, 1.807) is 0 Å². The molecule has 0 rings (SSSR count). The second-order valence-corrected chi connectivity index (χ2v) is 6.80. The summed E-state index contributed by atoms with van der Waals surface area (Å²) in [5, 5.41) is 15.5. The van der Waals surface area contributed by atoms with Gasteiger partial charge in [-0.05, 0) is 32.2 Å². The van der Waals surface area contributed by atoms with E-state index in [-0.39, 0.29) is 19.3 Å². The number of carboxylic acids is 1. The van der Waals surface area contributed by atoms with Crippen LogP contribution in [0.25, 0.3) is 0 Å². The molecule has 14 heteroatoms. The number of hydrogen-bond donors (Lipinski definition) is 8. The molecule has 5 amide bonds. The summed E-state index contributed by atoms with van der Waals surface area (Å²) < 4.78 is 0. The van der Waals surface area contributed by atoms with Crippen LogP contribution in [0.5, 0.6) is 0 Å². The first-order valence-electron chi connectivity index (χ1n) is 9.60. The van der Waals surface area contributed by atoms with E-state index in [0.29, 0.717) is 19.4 Å². The van der Waals surface area contributed by atoms with E-state index < -0.39 is 66.6 Å². The Morgan fingerprint density at radius 3 is 1.94 bits per heavy atom. The maximum atomic E-state index is 12.6. The monoisotopic (exact) mass is 445 g/mol. The quantitative estimate of drug-likeness (QED) is 0.107. The molecule has 0 saturated heterocycles. The van der Waals surface area contributed by atoms with Gasteiger partial charge in [0.2, 0.25) is 29.5 Å². The van der Waals surface area contributed by atoms with Crippen LogP contribution in [0.3, 0.4) is 0 Å². The van der Waals surface area contributed by atoms with Crippen molar-refractivity contribution in [3.05, 3.63) is 0 Å². The Kier molecular flexibility index (Phi) is 13.1. The van der Waals surface area contributed by atoms with Gasteiger partial charge in [-0.1, -0.05) is 0 Å². The van der Waals surface area contributed by atoms with E-state index in [0.717, 1.165) is 0 Å². The van der Waals surface area contributed by atoms with Crippen molar-refractivity contribution in [1.29, 1.82) is 0 Å². The normalized spacial score (nSPS) is 13.4. The molecule has 0 aromatic carbocycles. The largest absolute Gasteiger partial charge is 0.480 e. The van der Waals surface area contributed by atoms with Crippen LogP contribution in [0.1, 0.15) is 38.5 Å². The molecular weight excluding hydrogens is 414 g/mol. The number of nitrogens with two attached hydrogens (primary N) is 4. The molecule has 3 atom stereocenters. The van der Waals surface area contributed by atoms with E-state index in [1.165, 1.54) is 0 Å². The average Bonchev–Trinajstić information content (AvgIpc) is 2.68. The Labute approximate surface area is 178 Å². The summed E-state index contributed by atoms with van der Waals surface area (Å²) in [6.45, 7) is -0.306. The predicted octanol–water partition coefficient (Wildman–Crippen LogP) is -4.25. The van der Waals surface area contributed by atoms with E-state index in [9.17, 15) is 28.8 Å².